The van der Waals surface area contributed by atoms with Gasteiger partial charge in [-0.25, -0.2) is 0 Å². The molecule has 0 bridgehead atoms. The maximum atomic E-state index is 12.5. The summed E-state index contributed by atoms with van der Waals surface area (Å²) in [6.07, 6.45) is -0.259. The molecule has 0 radical (unpaired) electrons. The normalized spacial score (nSPS) is 10.9. The summed E-state index contributed by atoms with van der Waals surface area (Å²) in [7, 11) is 1.80. The minimum absolute atomic E-state index is 0.0358. The van der Waals surface area contributed by atoms with Gasteiger partial charge in [0, 0.05) is 21.8 Å². The minimum atomic E-state index is -0.259. The van der Waals surface area contributed by atoms with Gasteiger partial charge in [-0.1, -0.05) is 60.7 Å². The Kier molecular flexibility index (Phi) is 6.61. The Morgan fingerprint density at radius 2 is 1.65 bits per heavy atom. The van der Waals surface area contributed by atoms with Gasteiger partial charge in [-0.3, -0.25) is 4.79 Å². The SMILES string of the molecule is CN(Cc1cc(Br)cs1)C(=O)COC(c1ccccc1)c1ccccc1. The topological polar surface area (TPSA) is 29.5 Å². The lowest BCUT2D eigenvalue weighted by atomic mass is 10.0. The van der Waals surface area contributed by atoms with Crippen molar-refractivity contribution < 1.29 is 9.53 Å². The van der Waals surface area contributed by atoms with Crippen LogP contribution in [-0.2, 0) is 16.1 Å². The largest absolute Gasteiger partial charge is 0.359 e. The quantitative estimate of drug-likeness (QED) is 0.511. The first kappa shape index (κ1) is 18.8. The highest BCUT2D eigenvalue weighted by Gasteiger charge is 2.18. The average molecular weight is 430 g/mol. The van der Waals surface area contributed by atoms with Crippen molar-refractivity contribution in [2.45, 2.75) is 12.6 Å². The molecule has 1 aromatic heterocycles. The third kappa shape index (κ3) is 5.04. The fourth-order valence-corrected chi connectivity index (χ4v) is 4.17. The van der Waals surface area contributed by atoms with Crippen molar-refractivity contribution in [2.75, 3.05) is 13.7 Å². The van der Waals surface area contributed by atoms with Crippen molar-refractivity contribution >= 4 is 33.2 Å². The van der Waals surface area contributed by atoms with Crippen LogP contribution in [0.5, 0.6) is 0 Å². The number of carbonyl (C=O) groups is 1. The zero-order chi connectivity index (χ0) is 18.4. The van der Waals surface area contributed by atoms with Gasteiger partial charge in [-0.15, -0.1) is 11.3 Å². The molecule has 5 heteroatoms. The van der Waals surface area contributed by atoms with E-state index in [4.69, 9.17) is 4.74 Å². The van der Waals surface area contributed by atoms with Crippen LogP contribution in [0.25, 0.3) is 0 Å². The molecule has 0 aliphatic heterocycles. The van der Waals surface area contributed by atoms with Crippen LogP contribution in [-0.4, -0.2) is 24.5 Å². The first-order chi connectivity index (χ1) is 12.6. The van der Waals surface area contributed by atoms with Gasteiger partial charge < -0.3 is 9.64 Å². The van der Waals surface area contributed by atoms with Gasteiger partial charge in [0.05, 0.1) is 6.54 Å². The molecule has 3 rings (SSSR count). The van der Waals surface area contributed by atoms with Crippen LogP contribution in [0.4, 0.5) is 0 Å². The van der Waals surface area contributed by atoms with Crippen molar-refractivity contribution in [3.8, 4) is 0 Å². The summed E-state index contributed by atoms with van der Waals surface area (Å²) in [5.74, 6) is -0.0358. The number of nitrogens with zero attached hydrogens (tertiary/aromatic N) is 1. The first-order valence-corrected chi connectivity index (χ1v) is 9.99. The molecule has 3 nitrogen and oxygen atoms in total. The van der Waals surface area contributed by atoms with Crippen molar-refractivity contribution in [1.29, 1.82) is 0 Å². The fourth-order valence-electron chi connectivity index (χ4n) is 2.66. The van der Waals surface area contributed by atoms with Gasteiger partial charge in [0.1, 0.15) is 12.7 Å². The van der Waals surface area contributed by atoms with E-state index in [2.05, 4.69) is 15.9 Å². The molecular weight excluding hydrogens is 410 g/mol. The molecule has 0 fully saturated rings. The second-order valence-corrected chi connectivity index (χ2v) is 7.90. The van der Waals surface area contributed by atoms with Crippen molar-refractivity contribution in [3.63, 3.8) is 0 Å². The van der Waals surface area contributed by atoms with E-state index in [0.29, 0.717) is 6.54 Å². The molecule has 0 aliphatic rings. The van der Waals surface area contributed by atoms with Crippen LogP contribution in [0.2, 0.25) is 0 Å². The smallest absolute Gasteiger partial charge is 0.248 e. The highest BCUT2D eigenvalue weighted by atomic mass is 79.9. The van der Waals surface area contributed by atoms with Crippen molar-refractivity contribution in [2.24, 2.45) is 0 Å². The lowest BCUT2D eigenvalue weighted by molar-refractivity contribution is -0.136. The van der Waals surface area contributed by atoms with E-state index in [0.717, 1.165) is 20.5 Å². The van der Waals surface area contributed by atoms with Crippen LogP contribution < -0.4 is 0 Å². The number of halogens is 1. The number of benzene rings is 2. The van der Waals surface area contributed by atoms with Gasteiger partial charge in [0.15, 0.2) is 0 Å². The molecule has 0 saturated heterocycles. The molecule has 134 valence electrons. The van der Waals surface area contributed by atoms with Crippen molar-refractivity contribution in [1.82, 2.24) is 4.90 Å². The predicted molar refractivity (Wildman–Crippen MR) is 109 cm³/mol. The molecule has 1 heterocycles. The maximum absolute atomic E-state index is 12.5. The zero-order valence-electron chi connectivity index (χ0n) is 14.5. The van der Waals surface area contributed by atoms with Gasteiger partial charge in [0.2, 0.25) is 5.91 Å². The maximum Gasteiger partial charge on any atom is 0.248 e. The number of ether oxygens (including phenoxy) is 1. The average Bonchev–Trinajstić information content (AvgIpc) is 3.08. The van der Waals surface area contributed by atoms with E-state index in [1.54, 1.807) is 23.3 Å². The number of hydrogen-bond acceptors (Lipinski definition) is 3. The van der Waals surface area contributed by atoms with Gasteiger partial charge in [0.25, 0.3) is 0 Å². The number of rotatable bonds is 7. The summed E-state index contributed by atoms with van der Waals surface area (Å²) in [4.78, 5) is 15.3. The summed E-state index contributed by atoms with van der Waals surface area (Å²) in [5, 5.41) is 2.02. The number of hydrogen-bond donors (Lipinski definition) is 0. The first-order valence-electron chi connectivity index (χ1n) is 8.32. The molecule has 3 aromatic rings. The molecular formula is C21H20BrNO2S. The fraction of sp³-hybridized carbons (Fsp3) is 0.190. The second kappa shape index (κ2) is 9.12. The van der Waals surface area contributed by atoms with Crippen LogP contribution in [0.3, 0.4) is 0 Å². The summed E-state index contributed by atoms with van der Waals surface area (Å²) in [6.45, 7) is 0.622. The van der Waals surface area contributed by atoms with E-state index >= 15 is 0 Å². The van der Waals surface area contributed by atoms with Crippen LogP contribution in [0.15, 0.2) is 76.6 Å². The lowest BCUT2D eigenvalue weighted by Crippen LogP contribution is -2.30. The van der Waals surface area contributed by atoms with Gasteiger partial charge >= 0.3 is 0 Å². The number of carbonyl (C=O) groups excluding carboxylic acids is 1. The van der Waals surface area contributed by atoms with E-state index in [-0.39, 0.29) is 18.6 Å². The molecule has 1 amide bonds. The van der Waals surface area contributed by atoms with E-state index in [1.165, 1.54) is 0 Å². The van der Waals surface area contributed by atoms with E-state index < -0.39 is 0 Å². The predicted octanol–water partition coefficient (Wildman–Crippen LogP) is 5.28. The van der Waals surface area contributed by atoms with E-state index in [9.17, 15) is 4.79 Å². The Hall–Kier alpha value is -1.95. The number of likely N-dealkylation sites (N-methyl/N-ethyl adjacent to an activating group) is 1. The Balaban J connectivity index is 1.66. The van der Waals surface area contributed by atoms with E-state index in [1.807, 2.05) is 72.1 Å². The Morgan fingerprint density at radius 1 is 1.08 bits per heavy atom. The summed E-state index contributed by atoms with van der Waals surface area (Å²) in [5.41, 5.74) is 2.08. The summed E-state index contributed by atoms with van der Waals surface area (Å²) >= 11 is 5.07. The number of thiophene rings is 1. The summed E-state index contributed by atoms with van der Waals surface area (Å²) in [6, 6.07) is 22.0. The second-order valence-electron chi connectivity index (χ2n) is 5.99. The third-order valence-electron chi connectivity index (χ3n) is 4.02. The summed E-state index contributed by atoms with van der Waals surface area (Å²) < 4.78 is 7.09. The third-order valence-corrected chi connectivity index (χ3v) is 5.70. The zero-order valence-corrected chi connectivity index (χ0v) is 16.9. The molecule has 0 atom stereocenters. The molecule has 0 N–H and O–H groups in total. The van der Waals surface area contributed by atoms with Crippen molar-refractivity contribution in [3.05, 3.63) is 92.6 Å². The lowest BCUT2D eigenvalue weighted by Gasteiger charge is -2.21. The van der Waals surface area contributed by atoms with Crippen LogP contribution in [0.1, 0.15) is 22.1 Å². The number of amides is 1. The molecule has 0 unspecified atom stereocenters. The van der Waals surface area contributed by atoms with Gasteiger partial charge in [-0.2, -0.15) is 0 Å². The van der Waals surface area contributed by atoms with Gasteiger partial charge in [-0.05, 0) is 33.1 Å². The standard InChI is InChI=1S/C21H20BrNO2S/c1-23(13-19-12-18(22)15-26-19)20(24)14-25-21(16-8-4-2-5-9-16)17-10-6-3-7-11-17/h2-12,15,21H,13-14H2,1H3. The molecule has 0 spiro atoms. The Morgan fingerprint density at radius 3 is 2.15 bits per heavy atom. The highest BCUT2D eigenvalue weighted by Crippen LogP contribution is 2.26. The minimum Gasteiger partial charge on any atom is -0.359 e. The molecule has 26 heavy (non-hydrogen) atoms. The molecule has 2 aromatic carbocycles. The highest BCUT2D eigenvalue weighted by molar-refractivity contribution is 9.10. The Bertz CT molecular complexity index is 796. The molecule has 0 saturated carbocycles. The Labute approximate surface area is 166 Å². The molecule has 0 aliphatic carbocycles. The van der Waals surface area contributed by atoms with Crippen LogP contribution in [0, 0.1) is 0 Å². The monoisotopic (exact) mass is 429 g/mol. The van der Waals surface area contributed by atoms with Crippen LogP contribution >= 0.6 is 27.3 Å².